The first kappa shape index (κ1) is 21.2. The molecule has 0 aliphatic rings. The molecule has 1 aromatic carbocycles. The Morgan fingerprint density at radius 1 is 1.00 bits per heavy atom. The summed E-state index contributed by atoms with van der Waals surface area (Å²) in [5, 5.41) is 0. The Hall–Kier alpha value is 0.170. The van der Waals surface area contributed by atoms with E-state index in [4.69, 9.17) is 9.05 Å². The first-order chi connectivity index (χ1) is 9.64. The zero-order chi connectivity index (χ0) is 14.7. The van der Waals surface area contributed by atoms with E-state index in [1.807, 2.05) is 6.07 Å². The molecule has 21 heavy (non-hydrogen) atoms. The Morgan fingerprint density at radius 2 is 1.57 bits per heavy atom. The van der Waals surface area contributed by atoms with Crippen LogP contribution in [0.5, 0.6) is 5.75 Å². The van der Waals surface area contributed by atoms with Crippen LogP contribution in [-0.2, 0) is 9.09 Å². The van der Waals surface area contributed by atoms with Gasteiger partial charge in [0.15, 0.2) is 0 Å². The van der Waals surface area contributed by atoms with Crippen LogP contribution in [0.1, 0.15) is 51.9 Å². The van der Waals surface area contributed by atoms with Gasteiger partial charge in [0.1, 0.15) is 5.75 Å². The molecule has 0 bridgehead atoms. The van der Waals surface area contributed by atoms with Gasteiger partial charge in [-0.1, -0.05) is 63.6 Å². The summed E-state index contributed by atoms with van der Waals surface area (Å²) >= 11 is 0. The minimum absolute atomic E-state index is 0. The maximum atomic E-state index is 11.7. The van der Waals surface area contributed by atoms with Gasteiger partial charge in [0.25, 0.3) is 0 Å². The van der Waals surface area contributed by atoms with E-state index in [9.17, 15) is 9.46 Å². The SMILES string of the molecule is CCCCCCCCCOP(=O)(O)Oc1ccccc1.[NaH]. The van der Waals surface area contributed by atoms with Gasteiger partial charge in [-0.25, -0.2) is 4.57 Å². The van der Waals surface area contributed by atoms with Crippen LogP contribution in [0.4, 0.5) is 0 Å². The third-order valence-corrected chi connectivity index (χ3v) is 3.92. The summed E-state index contributed by atoms with van der Waals surface area (Å²) in [7, 11) is -3.98. The number of unbranched alkanes of at least 4 members (excludes halogenated alkanes) is 6. The molecule has 0 aromatic heterocycles. The molecule has 0 radical (unpaired) electrons. The second-order valence-corrected chi connectivity index (χ2v) is 6.21. The number of rotatable bonds is 11. The van der Waals surface area contributed by atoms with Gasteiger partial charge in [-0.15, -0.1) is 0 Å². The van der Waals surface area contributed by atoms with Crippen molar-refractivity contribution >= 4 is 37.4 Å². The quantitative estimate of drug-likeness (QED) is 0.375. The van der Waals surface area contributed by atoms with Crippen molar-refractivity contribution in [3.63, 3.8) is 0 Å². The summed E-state index contributed by atoms with van der Waals surface area (Å²) in [6.45, 7) is 2.45. The molecule has 0 spiro atoms. The van der Waals surface area contributed by atoms with Crippen molar-refractivity contribution in [3.8, 4) is 5.75 Å². The van der Waals surface area contributed by atoms with Gasteiger partial charge < -0.3 is 4.52 Å². The maximum absolute atomic E-state index is 11.7. The molecule has 1 atom stereocenters. The van der Waals surface area contributed by atoms with Crippen LogP contribution < -0.4 is 4.52 Å². The molecule has 0 aliphatic carbocycles. The topological polar surface area (TPSA) is 55.8 Å². The van der Waals surface area contributed by atoms with Gasteiger partial charge in [0, 0.05) is 0 Å². The molecule has 0 amide bonds. The molecule has 1 aromatic rings. The molecular formula is C15H26NaO4P. The van der Waals surface area contributed by atoms with Crippen molar-refractivity contribution < 1.29 is 18.5 Å². The summed E-state index contributed by atoms with van der Waals surface area (Å²) in [6, 6.07) is 8.55. The fourth-order valence-electron chi connectivity index (χ4n) is 1.88. The Morgan fingerprint density at radius 3 is 2.19 bits per heavy atom. The molecule has 116 valence electrons. The van der Waals surface area contributed by atoms with Gasteiger partial charge in [0.2, 0.25) is 0 Å². The predicted octanol–water partition coefficient (Wildman–Crippen LogP) is 4.28. The van der Waals surface area contributed by atoms with Crippen molar-refractivity contribution in [1.82, 2.24) is 0 Å². The minimum atomic E-state index is -3.98. The van der Waals surface area contributed by atoms with Crippen molar-refractivity contribution in [2.75, 3.05) is 6.61 Å². The fourth-order valence-corrected chi connectivity index (χ4v) is 2.68. The Kier molecular flexibility index (Phi) is 12.8. The zero-order valence-corrected chi connectivity index (χ0v) is 13.1. The predicted molar refractivity (Wildman–Crippen MR) is 88.0 cm³/mol. The van der Waals surface area contributed by atoms with E-state index >= 15 is 0 Å². The monoisotopic (exact) mass is 324 g/mol. The normalized spacial score (nSPS) is 13.2. The van der Waals surface area contributed by atoms with Crippen molar-refractivity contribution in [2.45, 2.75) is 51.9 Å². The summed E-state index contributed by atoms with van der Waals surface area (Å²) in [5.74, 6) is 0.345. The Bertz CT molecular complexity index is 400. The summed E-state index contributed by atoms with van der Waals surface area (Å²) in [5.41, 5.74) is 0. The fraction of sp³-hybridized carbons (Fsp3) is 0.600. The van der Waals surface area contributed by atoms with Crippen LogP contribution in [0.15, 0.2) is 30.3 Å². The molecule has 0 saturated carbocycles. The number of para-hydroxylation sites is 1. The van der Waals surface area contributed by atoms with Gasteiger partial charge >= 0.3 is 37.4 Å². The van der Waals surface area contributed by atoms with E-state index < -0.39 is 7.82 Å². The second kappa shape index (κ2) is 12.7. The molecule has 0 fully saturated rings. The van der Waals surface area contributed by atoms with E-state index in [0.717, 1.165) is 19.3 Å². The molecule has 1 rings (SSSR count). The summed E-state index contributed by atoms with van der Waals surface area (Å²) in [4.78, 5) is 9.55. The molecule has 1 N–H and O–H groups in total. The van der Waals surface area contributed by atoms with Gasteiger partial charge in [0.05, 0.1) is 6.61 Å². The van der Waals surface area contributed by atoms with Crippen molar-refractivity contribution in [1.29, 1.82) is 0 Å². The number of phosphoric ester groups is 1. The standard InChI is InChI=1S/C15H25O4P.Na.H/c1-2-3-4-5-6-7-11-14-18-20(16,17)19-15-12-9-8-10-13-15;;/h8-10,12-13H,2-7,11,14H2,1H3,(H,16,17);;. The van der Waals surface area contributed by atoms with E-state index in [-0.39, 0.29) is 36.2 Å². The van der Waals surface area contributed by atoms with Gasteiger partial charge in [-0.2, -0.15) is 0 Å². The van der Waals surface area contributed by atoms with Crippen LogP contribution in [-0.4, -0.2) is 41.1 Å². The number of hydrogen-bond donors (Lipinski definition) is 1. The molecule has 4 nitrogen and oxygen atoms in total. The van der Waals surface area contributed by atoms with Crippen molar-refractivity contribution in [2.24, 2.45) is 0 Å². The third-order valence-electron chi connectivity index (χ3n) is 2.97. The molecule has 0 heterocycles. The summed E-state index contributed by atoms with van der Waals surface area (Å²) in [6.07, 6.45) is 7.99. The molecule has 0 saturated heterocycles. The first-order valence-corrected chi connectivity index (χ1v) is 8.85. The second-order valence-electron chi connectivity index (χ2n) is 4.83. The zero-order valence-electron chi connectivity index (χ0n) is 12.2. The van der Waals surface area contributed by atoms with Crippen LogP contribution >= 0.6 is 7.82 Å². The molecule has 0 aliphatic heterocycles. The number of phosphoric acid groups is 1. The first-order valence-electron chi connectivity index (χ1n) is 7.36. The molecule has 1 unspecified atom stereocenters. The van der Waals surface area contributed by atoms with Crippen LogP contribution in [0.3, 0.4) is 0 Å². The Labute approximate surface area is 150 Å². The average molecular weight is 324 g/mol. The summed E-state index contributed by atoms with van der Waals surface area (Å²) < 4.78 is 21.6. The number of hydrogen-bond acceptors (Lipinski definition) is 3. The van der Waals surface area contributed by atoms with E-state index in [0.29, 0.717) is 5.75 Å². The van der Waals surface area contributed by atoms with Gasteiger partial charge in [-0.3, -0.25) is 9.42 Å². The number of benzene rings is 1. The van der Waals surface area contributed by atoms with Crippen LogP contribution in [0, 0.1) is 0 Å². The van der Waals surface area contributed by atoms with Gasteiger partial charge in [-0.05, 0) is 18.6 Å². The average Bonchev–Trinajstić information content (AvgIpc) is 2.42. The molecule has 6 heteroatoms. The van der Waals surface area contributed by atoms with E-state index in [1.54, 1.807) is 24.3 Å². The van der Waals surface area contributed by atoms with Crippen molar-refractivity contribution in [3.05, 3.63) is 30.3 Å². The van der Waals surface area contributed by atoms with Crippen LogP contribution in [0.2, 0.25) is 0 Å². The molecular weight excluding hydrogens is 298 g/mol. The van der Waals surface area contributed by atoms with E-state index in [1.165, 1.54) is 25.7 Å². The van der Waals surface area contributed by atoms with Crippen LogP contribution in [0.25, 0.3) is 0 Å². The Balaban J connectivity index is 0.00000400. The van der Waals surface area contributed by atoms with E-state index in [2.05, 4.69) is 6.92 Å². The third kappa shape index (κ3) is 11.4.